The molecule has 0 amide bonds. The fraction of sp³-hybridized carbons (Fsp3) is 0.600. The van der Waals surface area contributed by atoms with E-state index in [1.807, 2.05) is 6.92 Å². The molecular formula is C10H14N4O3. The van der Waals surface area contributed by atoms with Crippen molar-refractivity contribution in [3.05, 3.63) is 31.7 Å². The molecule has 2 heterocycles. The summed E-state index contributed by atoms with van der Waals surface area (Å²) < 4.78 is 2.28. The van der Waals surface area contributed by atoms with Crippen LogP contribution in [0.2, 0.25) is 0 Å². The molecule has 7 nitrogen and oxygen atoms in total. The van der Waals surface area contributed by atoms with Gasteiger partial charge in [-0.15, -0.1) is 0 Å². The molecule has 0 spiro atoms. The van der Waals surface area contributed by atoms with Crippen molar-refractivity contribution in [1.29, 1.82) is 0 Å². The van der Waals surface area contributed by atoms with Crippen LogP contribution >= 0.6 is 0 Å². The van der Waals surface area contributed by atoms with E-state index >= 15 is 0 Å². The van der Waals surface area contributed by atoms with Crippen LogP contribution in [-0.4, -0.2) is 14.9 Å². The van der Waals surface area contributed by atoms with Crippen molar-refractivity contribution in [2.24, 2.45) is 24.2 Å². The van der Waals surface area contributed by atoms with Crippen LogP contribution in [0.15, 0.2) is 19.7 Å². The van der Waals surface area contributed by atoms with Crippen LogP contribution in [0.5, 0.6) is 0 Å². The second kappa shape index (κ2) is 3.54. The summed E-state index contributed by atoms with van der Waals surface area (Å²) in [4.78, 5) is 33.0. The monoisotopic (exact) mass is 238 g/mol. The second-order valence-corrected chi connectivity index (χ2v) is 4.20. The highest BCUT2D eigenvalue weighted by Crippen LogP contribution is 2.16. The van der Waals surface area contributed by atoms with Crippen molar-refractivity contribution in [1.82, 2.24) is 9.13 Å². The van der Waals surface area contributed by atoms with Gasteiger partial charge in [0, 0.05) is 20.5 Å². The molecule has 0 saturated heterocycles. The van der Waals surface area contributed by atoms with Gasteiger partial charge in [-0.1, -0.05) is 12.1 Å². The average Bonchev–Trinajstić information content (AvgIpc) is 2.33. The fourth-order valence-corrected chi connectivity index (χ4v) is 1.56. The Morgan fingerprint density at radius 3 is 2.53 bits per heavy atom. The van der Waals surface area contributed by atoms with Gasteiger partial charge in [-0.25, -0.2) is 9.79 Å². The van der Waals surface area contributed by atoms with Gasteiger partial charge in [-0.3, -0.25) is 13.9 Å². The SMILES string of the molecule is CC[C@@]1(C)N=c2c(c(=O)n(C)c(=O)n2C)=NO1. The summed E-state index contributed by atoms with van der Waals surface area (Å²) in [5.74, 6) is 0. The van der Waals surface area contributed by atoms with Gasteiger partial charge in [0.2, 0.25) is 11.1 Å². The molecule has 2 rings (SSSR count). The van der Waals surface area contributed by atoms with E-state index in [4.69, 9.17) is 4.84 Å². The minimum atomic E-state index is -0.816. The summed E-state index contributed by atoms with van der Waals surface area (Å²) in [6.07, 6.45) is 0.597. The lowest BCUT2D eigenvalue weighted by Gasteiger charge is -2.23. The van der Waals surface area contributed by atoms with E-state index in [1.54, 1.807) is 14.0 Å². The minimum Gasteiger partial charge on any atom is -0.365 e. The van der Waals surface area contributed by atoms with E-state index in [-0.39, 0.29) is 10.8 Å². The van der Waals surface area contributed by atoms with Crippen LogP contribution in [0, 0.1) is 0 Å². The molecule has 1 aliphatic heterocycles. The van der Waals surface area contributed by atoms with Gasteiger partial charge in [-0.2, -0.15) is 0 Å². The fourth-order valence-electron chi connectivity index (χ4n) is 1.56. The Labute approximate surface area is 96.7 Å². The van der Waals surface area contributed by atoms with Crippen LogP contribution in [-0.2, 0) is 18.9 Å². The highest BCUT2D eigenvalue weighted by molar-refractivity contribution is 4.89. The molecule has 0 N–H and O–H groups in total. The number of fused-ring (bicyclic) bond motifs is 1. The Morgan fingerprint density at radius 2 is 1.94 bits per heavy atom. The molecule has 0 saturated carbocycles. The van der Waals surface area contributed by atoms with E-state index in [2.05, 4.69) is 10.1 Å². The summed E-state index contributed by atoms with van der Waals surface area (Å²) in [6.45, 7) is 3.64. The van der Waals surface area contributed by atoms with Gasteiger partial charge in [0.15, 0.2) is 5.49 Å². The Balaban J connectivity index is 2.99. The number of rotatable bonds is 1. The van der Waals surface area contributed by atoms with Crippen molar-refractivity contribution in [2.75, 3.05) is 0 Å². The third-order valence-corrected chi connectivity index (χ3v) is 2.94. The maximum Gasteiger partial charge on any atom is 0.332 e. The van der Waals surface area contributed by atoms with Crippen molar-refractivity contribution in [2.45, 2.75) is 26.0 Å². The summed E-state index contributed by atoms with van der Waals surface area (Å²) in [5, 5.41) is 3.86. The van der Waals surface area contributed by atoms with E-state index in [0.717, 1.165) is 4.57 Å². The molecule has 0 bridgehead atoms. The van der Waals surface area contributed by atoms with Gasteiger partial charge >= 0.3 is 5.69 Å². The number of aromatic nitrogens is 2. The molecule has 0 aliphatic carbocycles. The van der Waals surface area contributed by atoms with Crippen LogP contribution in [0.25, 0.3) is 0 Å². The zero-order chi connectivity index (χ0) is 12.8. The molecule has 1 atom stereocenters. The molecule has 0 aromatic carbocycles. The van der Waals surface area contributed by atoms with Crippen molar-refractivity contribution in [3.63, 3.8) is 0 Å². The summed E-state index contributed by atoms with van der Waals surface area (Å²) in [7, 11) is 2.95. The van der Waals surface area contributed by atoms with Crippen LogP contribution in [0.3, 0.4) is 0 Å². The van der Waals surface area contributed by atoms with Crippen molar-refractivity contribution < 1.29 is 4.84 Å². The molecule has 17 heavy (non-hydrogen) atoms. The maximum absolute atomic E-state index is 11.8. The lowest BCUT2D eigenvalue weighted by Crippen LogP contribution is -2.59. The third-order valence-electron chi connectivity index (χ3n) is 2.94. The Hall–Kier alpha value is -1.92. The van der Waals surface area contributed by atoms with Gasteiger partial charge in [0.05, 0.1) is 0 Å². The zero-order valence-corrected chi connectivity index (χ0v) is 10.2. The summed E-state index contributed by atoms with van der Waals surface area (Å²) in [5.41, 5.74) is -1.46. The second-order valence-electron chi connectivity index (χ2n) is 4.20. The first kappa shape index (κ1) is 11.6. The summed E-state index contributed by atoms with van der Waals surface area (Å²) >= 11 is 0. The Kier molecular flexibility index (Phi) is 2.41. The normalized spacial score (nSPS) is 22.1. The van der Waals surface area contributed by atoms with E-state index in [0.29, 0.717) is 6.42 Å². The largest absolute Gasteiger partial charge is 0.365 e. The topological polar surface area (TPSA) is 78.0 Å². The van der Waals surface area contributed by atoms with Gasteiger partial charge in [0.1, 0.15) is 0 Å². The summed E-state index contributed by atoms with van der Waals surface area (Å²) in [6, 6.07) is 0. The minimum absolute atomic E-state index is 0.0699. The molecule has 92 valence electrons. The first-order valence-electron chi connectivity index (χ1n) is 5.32. The van der Waals surface area contributed by atoms with Crippen LogP contribution in [0.1, 0.15) is 20.3 Å². The molecule has 1 aliphatic rings. The highest BCUT2D eigenvalue weighted by atomic mass is 16.7. The van der Waals surface area contributed by atoms with Crippen LogP contribution in [0.4, 0.5) is 0 Å². The number of hydrogen-bond donors (Lipinski definition) is 0. The Bertz CT molecular complexity index is 700. The van der Waals surface area contributed by atoms with E-state index in [1.165, 1.54) is 11.6 Å². The van der Waals surface area contributed by atoms with Crippen LogP contribution < -0.4 is 22.1 Å². The first-order chi connectivity index (χ1) is 7.89. The van der Waals surface area contributed by atoms with Gasteiger partial charge in [0.25, 0.3) is 5.56 Å². The maximum atomic E-state index is 11.8. The average molecular weight is 238 g/mol. The lowest BCUT2D eigenvalue weighted by molar-refractivity contribution is -0.0430. The molecular weight excluding hydrogens is 224 g/mol. The molecule has 0 unspecified atom stereocenters. The van der Waals surface area contributed by atoms with E-state index in [9.17, 15) is 9.59 Å². The zero-order valence-electron chi connectivity index (χ0n) is 10.2. The van der Waals surface area contributed by atoms with Crippen molar-refractivity contribution in [3.8, 4) is 0 Å². The number of hydrogen-bond acceptors (Lipinski definition) is 5. The van der Waals surface area contributed by atoms with Gasteiger partial charge < -0.3 is 4.84 Å². The highest BCUT2D eigenvalue weighted by Gasteiger charge is 2.27. The first-order valence-corrected chi connectivity index (χ1v) is 5.32. The molecule has 7 heteroatoms. The standard InChI is InChI=1S/C10H14N4O3/c1-5-10(2)11-7-6(12-17-10)8(15)14(4)9(16)13(7)3/h5H2,1-4H3/t10-/m0/s1. The predicted molar refractivity (Wildman–Crippen MR) is 59.0 cm³/mol. The van der Waals surface area contributed by atoms with Gasteiger partial charge in [-0.05, 0) is 6.92 Å². The van der Waals surface area contributed by atoms with Crippen molar-refractivity contribution >= 4 is 0 Å². The quantitative estimate of drug-likeness (QED) is 0.591. The number of nitrogens with zero attached hydrogens (tertiary/aromatic N) is 4. The molecule has 0 radical (unpaired) electrons. The lowest BCUT2D eigenvalue weighted by atomic mass is 10.2. The molecule has 1 aromatic rings. The Morgan fingerprint density at radius 1 is 1.29 bits per heavy atom. The molecule has 1 aromatic heterocycles. The smallest absolute Gasteiger partial charge is 0.332 e. The predicted octanol–water partition coefficient (Wildman–Crippen LogP) is -1.61. The molecule has 0 fully saturated rings. The third kappa shape index (κ3) is 1.58. The van der Waals surface area contributed by atoms with E-state index < -0.39 is 17.0 Å².